The van der Waals surface area contributed by atoms with Crippen molar-refractivity contribution in [2.75, 3.05) is 6.54 Å². The third-order valence-electron chi connectivity index (χ3n) is 9.02. The van der Waals surface area contributed by atoms with Gasteiger partial charge in [-0.1, -0.05) is 56.7 Å². The molecular formula is C29H45N3. The van der Waals surface area contributed by atoms with E-state index < -0.39 is 0 Å². The van der Waals surface area contributed by atoms with Gasteiger partial charge in [-0.05, 0) is 87.8 Å². The SMILES string of the molecule is N[C@H]1CC[C@H](NCCC(c2cn(C3CCCCC3)c3ccccc23)C2CCCCC2)CC1. The van der Waals surface area contributed by atoms with E-state index in [-0.39, 0.29) is 0 Å². The van der Waals surface area contributed by atoms with E-state index in [0.717, 1.165) is 12.5 Å². The summed E-state index contributed by atoms with van der Waals surface area (Å²) in [6, 6.07) is 11.1. The van der Waals surface area contributed by atoms with Crippen molar-refractivity contribution in [1.29, 1.82) is 0 Å². The van der Waals surface area contributed by atoms with Gasteiger partial charge < -0.3 is 15.6 Å². The third-order valence-corrected chi connectivity index (χ3v) is 9.02. The van der Waals surface area contributed by atoms with E-state index in [1.165, 1.54) is 107 Å². The van der Waals surface area contributed by atoms with Crippen LogP contribution in [0.3, 0.4) is 0 Å². The van der Waals surface area contributed by atoms with Crippen LogP contribution in [0.1, 0.15) is 114 Å². The quantitative estimate of drug-likeness (QED) is 0.489. The molecular weight excluding hydrogens is 390 g/mol. The number of fused-ring (bicyclic) bond motifs is 1. The number of nitrogens with zero attached hydrogens (tertiary/aromatic N) is 1. The zero-order chi connectivity index (χ0) is 21.8. The van der Waals surface area contributed by atoms with Crippen molar-refractivity contribution in [3.05, 3.63) is 36.0 Å². The molecule has 3 fully saturated rings. The molecule has 1 heterocycles. The van der Waals surface area contributed by atoms with E-state index >= 15 is 0 Å². The number of nitrogens with two attached hydrogens (primary N) is 1. The lowest BCUT2D eigenvalue weighted by Gasteiger charge is -2.32. The number of benzene rings is 1. The summed E-state index contributed by atoms with van der Waals surface area (Å²) >= 11 is 0. The predicted octanol–water partition coefficient (Wildman–Crippen LogP) is 7.06. The summed E-state index contributed by atoms with van der Waals surface area (Å²) in [6.45, 7) is 1.16. The molecule has 1 unspecified atom stereocenters. The molecule has 0 amide bonds. The Hall–Kier alpha value is -1.32. The van der Waals surface area contributed by atoms with Crippen LogP contribution in [0, 0.1) is 5.92 Å². The highest BCUT2D eigenvalue weighted by Gasteiger charge is 2.29. The molecule has 0 saturated heterocycles. The third kappa shape index (κ3) is 5.09. The van der Waals surface area contributed by atoms with Crippen LogP contribution in [0.5, 0.6) is 0 Å². The summed E-state index contributed by atoms with van der Waals surface area (Å²) in [5, 5.41) is 5.48. The minimum absolute atomic E-state index is 0.439. The van der Waals surface area contributed by atoms with Crippen LogP contribution in [0.15, 0.2) is 30.5 Å². The van der Waals surface area contributed by atoms with Gasteiger partial charge in [-0.15, -0.1) is 0 Å². The first-order valence-corrected chi connectivity index (χ1v) is 13.9. The van der Waals surface area contributed by atoms with Crippen LogP contribution in [-0.2, 0) is 0 Å². The van der Waals surface area contributed by atoms with Crippen LogP contribution in [-0.4, -0.2) is 23.2 Å². The van der Waals surface area contributed by atoms with Crippen molar-refractivity contribution in [3.8, 4) is 0 Å². The number of hydrogen-bond donors (Lipinski definition) is 2. The average Bonchev–Trinajstić information content (AvgIpc) is 3.24. The molecule has 0 bridgehead atoms. The monoisotopic (exact) mass is 435 g/mol. The normalized spacial score (nSPS) is 27.0. The highest BCUT2D eigenvalue weighted by molar-refractivity contribution is 5.84. The summed E-state index contributed by atoms with van der Waals surface area (Å²) in [4.78, 5) is 0. The summed E-state index contributed by atoms with van der Waals surface area (Å²) in [5.41, 5.74) is 9.28. The van der Waals surface area contributed by atoms with E-state index in [9.17, 15) is 0 Å². The molecule has 176 valence electrons. The van der Waals surface area contributed by atoms with Gasteiger partial charge in [0, 0.05) is 35.2 Å². The Labute approximate surface area is 195 Å². The minimum atomic E-state index is 0.439. The van der Waals surface area contributed by atoms with Crippen molar-refractivity contribution in [3.63, 3.8) is 0 Å². The molecule has 5 rings (SSSR count). The largest absolute Gasteiger partial charge is 0.344 e. The maximum Gasteiger partial charge on any atom is 0.0485 e. The number of nitrogens with one attached hydrogen (secondary N) is 1. The lowest BCUT2D eigenvalue weighted by Crippen LogP contribution is -2.38. The summed E-state index contributed by atoms with van der Waals surface area (Å²) < 4.78 is 2.69. The van der Waals surface area contributed by atoms with Gasteiger partial charge in [-0.2, -0.15) is 0 Å². The lowest BCUT2D eigenvalue weighted by atomic mass is 9.75. The van der Waals surface area contributed by atoms with Crippen molar-refractivity contribution >= 4 is 10.9 Å². The topological polar surface area (TPSA) is 43.0 Å². The second kappa shape index (κ2) is 10.7. The van der Waals surface area contributed by atoms with E-state index in [1.807, 2.05) is 0 Å². The van der Waals surface area contributed by atoms with E-state index in [4.69, 9.17) is 5.73 Å². The fourth-order valence-electron chi connectivity index (χ4n) is 7.14. The first-order chi connectivity index (χ1) is 15.8. The van der Waals surface area contributed by atoms with Gasteiger partial charge in [0.05, 0.1) is 0 Å². The van der Waals surface area contributed by atoms with Gasteiger partial charge in [0.25, 0.3) is 0 Å². The minimum Gasteiger partial charge on any atom is -0.344 e. The molecule has 3 aliphatic rings. The van der Waals surface area contributed by atoms with Crippen LogP contribution in [0.25, 0.3) is 10.9 Å². The number of rotatable bonds is 7. The van der Waals surface area contributed by atoms with Gasteiger partial charge in [-0.3, -0.25) is 0 Å². The molecule has 3 nitrogen and oxygen atoms in total. The first kappa shape index (κ1) is 22.5. The number of hydrogen-bond acceptors (Lipinski definition) is 2. The van der Waals surface area contributed by atoms with E-state index in [2.05, 4.69) is 40.3 Å². The Bertz CT molecular complexity index is 835. The van der Waals surface area contributed by atoms with Crippen LogP contribution >= 0.6 is 0 Å². The van der Waals surface area contributed by atoms with Gasteiger partial charge in [0.2, 0.25) is 0 Å². The molecule has 32 heavy (non-hydrogen) atoms. The molecule has 3 N–H and O–H groups in total. The molecule has 2 aromatic rings. The fourth-order valence-corrected chi connectivity index (χ4v) is 7.14. The van der Waals surface area contributed by atoms with Crippen molar-refractivity contribution < 1.29 is 0 Å². The average molecular weight is 436 g/mol. The summed E-state index contributed by atoms with van der Waals surface area (Å²) in [6.07, 6.45) is 22.9. The number of para-hydroxylation sites is 1. The van der Waals surface area contributed by atoms with E-state index in [0.29, 0.717) is 24.0 Å². The molecule has 3 aliphatic carbocycles. The molecule has 1 aromatic heterocycles. The van der Waals surface area contributed by atoms with Gasteiger partial charge in [0.1, 0.15) is 0 Å². The van der Waals surface area contributed by atoms with Crippen molar-refractivity contribution in [2.45, 2.75) is 120 Å². The second-order valence-electron chi connectivity index (χ2n) is 11.2. The van der Waals surface area contributed by atoms with Crippen molar-refractivity contribution in [2.24, 2.45) is 11.7 Å². The zero-order valence-corrected chi connectivity index (χ0v) is 20.1. The van der Waals surface area contributed by atoms with Gasteiger partial charge >= 0.3 is 0 Å². The molecule has 0 spiro atoms. The van der Waals surface area contributed by atoms with Crippen LogP contribution < -0.4 is 11.1 Å². The van der Waals surface area contributed by atoms with Gasteiger partial charge in [0.15, 0.2) is 0 Å². The molecule has 3 saturated carbocycles. The van der Waals surface area contributed by atoms with Crippen LogP contribution in [0.4, 0.5) is 0 Å². The maximum atomic E-state index is 6.13. The molecule has 0 radical (unpaired) electrons. The Morgan fingerprint density at radius 1 is 0.844 bits per heavy atom. The maximum absolute atomic E-state index is 6.13. The Morgan fingerprint density at radius 3 is 2.28 bits per heavy atom. The standard InChI is InChI=1S/C29H45N3/c30-23-15-17-24(18-16-23)31-20-19-26(22-9-3-1-4-10-22)28-21-32(25-11-5-2-6-12-25)29-14-8-7-13-27(28)29/h7-8,13-14,21-26,31H,1-6,9-12,15-20,30H2/t23-,24-,26?. The van der Waals surface area contributed by atoms with Crippen molar-refractivity contribution in [1.82, 2.24) is 9.88 Å². The molecule has 1 aromatic carbocycles. The molecule has 3 heteroatoms. The molecule has 0 aliphatic heterocycles. The highest BCUT2D eigenvalue weighted by Crippen LogP contribution is 2.43. The Balaban J connectivity index is 1.38. The Morgan fingerprint density at radius 2 is 1.53 bits per heavy atom. The predicted molar refractivity (Wildman–Crippen MR) is 136 cm³/mol. The van der Waals surface area contributed by atoms with Gasteiger partial charge in [-0.25, -0.2) is 0 Å². The highest BCUT2D eigenvalue weighted by atomic mass is 15.0. The molecule has 1 atom stereocenters. The zero-order valence-electron chi connectivity index (χ0n) is 20.1. The Kier molecular flexibility index (Phi) is 7.54. The second-order valence-corrected chi connectivity index (χ2v) is 11.2. The van der Waals surface area contributed by atoms with Crippen LogP contribution in [0.2, 0.25) is 0 Å². The lowest BCUT2D eigenvalue weighted by molar-refractivity contribution is 0.282. The fraction of sp³-hybridized carbons (Fsp3) is 0.724. The summed E-state index contributed by atoms with van der Waals surface area (Å²) in [5.74, 6) is 1.55. The number of aromatic nitrogens is 1. The summed E-state index contributed by atoms with van der Waals surface area (Å²) in [7, 11) is 0. The first-order valence-electron chi connectivity index (χ1n) is 13.9. The smallest absolute Gasteiger partial charge is 0.0485 e. The van der Waals surface area contributed by atoms with E-state index in [1.54, 1.807) is 5.56 Å².